The van der Waals surface area contributed by atoms with Gasteiger partial charge in [-0.25, -0.2) is 8.42 Å². The molecule has 0 unspecified atom stereocenters. The van der Waals surface area contributed by atoms with Crippen LogP contribution >= 0.6 is 0 Å². The van der Waals surface area contributed by atoms with Crippen LogP contribution < -0.4 is 5.32 Å². The van der Waals surface area contributed by atoms with Crippen molar-refractivity contribution in [2.24, 2.45) is 4.99 Å². The number of aliphatic imine (C=N–C) groups is 1. The van der Waals surface area contributed by atoms with Gasteiger partial charge in [0.25, 0.3) is 0 Å². The summed E-state index contributed by atoms with van der Waals surface area (Å²) in [5, 5.41) is 3.31. The standard InChI is InChI=1S/C17H36N4O2S/c1-8-18-16(19-9-10-21(14(2)3)15(4)5)20-11-12-24(22,23)17(6,7)13-20/h14-15H,8-13H2,1-7H3,(H,18,19). The van der Waals surface area contributed by atoms with Gasteiger partial charge in [0.2, 0.25) is 0 Å². The lowest BCUT2D eigenvalue weighted by atomic mass is 10.2. The highest BCUT2D eigenvalue weighted by Gasteiger charge is 2.40. The summed E-state index contributed by atoms with van der Waals surface area (Å²) in [7, 11) is -3.03. The highest BCUT2D eigenvalue weighted by Crippen LogP contribution is 2.23. The van der Waals surface area contributed by atoms with E-state index in [4.69, 9.17) is 4.99 Å². The van der Waals surface area contributed by atoms with E-state index in [1.165, 1.54) is 0 Å². The number of rotatable bonds is 6. The first-order chi connectivity index (χ1) is 11.0. The van der Waals surface area contributed by atoms with Crippen molar-refractivity contribution in [3.05, 3.63) is 0 Å². The fourth-order valence-corrected chi connectivity index (χ4v) is 4.50. The first-order valence-electron chi connectivity index (χ1n) is 9.03. The van der Waals surface area contributed by atoms with Crippen molar-refractivity contribution in [1.29, 1.82) is 0 Å². The molecule has 0 amide bonds. The normalized spacial score (nSPS) is 20.9. The van der Waals surface area contributed by atoms with Crippen molar-refractivity contribution in [1.82, 2.24) is 15.1 Å². The number of hydrogen-bond acceptors (Lipinski definition) is 4. The maximum atomic E-state index is 12.2. The second-order valence-electron chi connectivity index (χ2n) is 7.66. The molecule has 7 heteroatoms. The summed E-state index contributed by atoms with van der Waals surface area (Å²) in [6.45, 7) is 17.8. The van der Waals surface area contributed by atoms with Gasteiger partial charge in [0, 0.05) is 38.3 Å². The van der Waals surface area contributed by atoms with Crippen molar-refractivity contribution >= 4 is 15.8 Å². The largest absolute Gasteiger partial charge is 0.357 e. The number of nitrogens with one attached hydrogen (secondary N) is 1. The molecular weight excluding hydrogens is 324 g/mol. The Morgan fingerprint density at radius 1 is 1.25 bits per heavy atom. The first kappa shape index (κ1) is 21.2. The molecule has 1 saturated heterocycles. The van der Waals surface area contributed by atoms with Gasteiger partial charge in [0.15, 0.2) is 15.8 Å². The molecule has 0 aromatic rings. The van der Waals surface area contributed by atoms with Gasteiger partial charge < -0.3 is 10.2 Å². The average Bonchev–Trinajstić information content (AvgIpc) is 2.44. The zero-order valence-corrected chi connectivity index (χ0v) is 17.3. The molecule has 6 nitrogen and oxygen atoms in total. The molecule has 0 saturated carbocycles. The monoisotopic (exact) mass is 360 g/mol. The fraction of sp³-hybridized carbons (Fsp3) is 0.941. The Morgan fingerprint density at radius 3 is 2.29 bits per heavy atom. The van der Waals surface area contributed by atoms with Gasteiger partial charge in [-0.3, -0.25) is 9.89 Å². The van der Waals surface area contributed by atoms with Crippen LogP contribution in [0.2, 0.25) is 0 Å². The van der Waals surface area contributed by atoms with E-state index in [0.29, 0.717) is 31.7 Å². The maximum absolute atomic E-state index is 12.2. The summed E-state index contributed by atoms with van der Waals surface area (Å²) in [6, 6.07) is 0.976. The molecule has 0 spiro atoms. The minimum Gasteiger partial charge on any atom is -0.357 e. The van der Waals surface area contributed by atoms with Gasteiger partial charge in [-0.05, 0) is 48.5 Å². The average molecular weight is 361 g/mol. The van der Waals surface area contributed by atoms with Crippen LogP contribution in [0.25, 0.3) is 0 Å². The Kier molecular flexibility index (Phi) is 7.53. The number of sulfone groups is 1. The van der Waals surface area contributed by atoms with Crippen molar-refractivity contribution in [3.8, 4) is 0 Å². The molecule has 1 N–H and O–H groups in total. The van der Waals surface area contributed by atoms with E-state index in [1.54, 1.807) is 13.8 Å². The minimum atomic E-state index is -3.03. The molecule has 1 heterocycles. The van der Waals surface area contributed by atoms with Crippen molar-refractivity contribution in [3.63, 3.8) is 0 Å². The minimum absolute atomic E-state index is 0.189. The van der Waals surface area contributed by atoms with Gasteiger partial charge >= 0.3 is 0 Å². The molecular formula is C17H36N4O2S. The van der Waals surface area contributed by atoms with Crippen molar-refractivity contribution in [2.45, 2.75) is 65.3 Å². The van der Waals surface area contributed by atoms with E-state index in [2.05, 4.69) is 42.8 Å². The van der Waals surface area contributed by atoms with Gasteiger partial charge in [-0.1, -0.05) is 0 Å². The summed E-state index contributed by atoms with van der Waals surface area (Å²) in [5.74, 6) is 1.02. The lowest BCUT2D eigenvalue weighted by molar-refractivity contribution is 0.180. The SMILES string of the molecule is CCNC(=NCCN(C(C)C)C(C)C)N1CCS(=O)(=O)C(C)(C)C1. The third-order valence-corrected chi connectivity index (χ3v) is 7.16. The molecule has 1 fully saturated rings. The Bertz CT molecular complexity index is 519. The fourth-order valence-electron chi connectivity index (χ4n) is 3.13. The first-order valence-corrected chi connectivity index (χ1v) is 10.7. The molecule has 0 aromatic heterocycles. The highest BCUT2D eigenvalue weighted by atomic mass is 32.2. The van der Waals surface area contributed by atoms with Gasteiger partial charge in [-0.2, -0.15) is 0 Å². The van der Waals surface area contributed by atoms with Gasteiger partial charge in [0.05, 0.1) is 17.0 Å². The Hall–Kier alpha value is -0.820. The van der Waals surface area contributed by atoms with Crippen LogP contribution in [0.4, 0.5) is 0 Å². The molecule has 0 bridgehead atoms. The molecule has 24 heavy (non-hydrogen) atoms. The molecule has 1 aliphatic rings. The third kappa shape index (κ3) is 5.34. The quantitative estimate of drug-likeness (QED) is 0.575. The summed E-state index contributed by atoms with van der Waals surface area (Å²) in [5.41, 5.74) is 0. The molecule has 0 aromatic carbocycles. The lowest BCUT2D eigenvalue weighted by Gasteiger charge is -2.39. The molecule has 0 radical (unpaired) electrons. The molecule has 0 aliphatic carbocycles. The van der Waals surface area contributed by atoms with Gasteiger partial charge in [-0.15, -0.1) is 0 Å². The summed E-state index contributed by atoms with van der Waals surface area (Å²) < 4.78 is 23.6. The molecule has 142 valence electrons. The smallest absolute Gasteiger partial charge is 0.194 e. The lowest BCUT2D eigenvalue weighted by Crippen LogP contribution is -2.57. The van der Waals surface area contributed by atoms with Crippen LogP contribution in [0.3, 0.4) is 0 Å². The predicted molar refractivity (Wildman–Crippen MR) is 102 cm³/mol. The zero-order chi connectivity index (χ0) is 18.5. The van der Waals surface area contributed by atoms with Crippen LogP contribution in [-0.4, -0.2) is 79.5 Å². The number of hydrogen-bond donors (Lipinski definition) is 1. The third-order valence-electron chi connectivity index (χ3n) is 4.62. The van der Waals surface area contributed by atoms with E-state index in [1.807, 2.05) is 6.92 Å². The predicted octanol–water partition coefficient (Wildman–Crippen LogP) is 1.58. The van der Waals surface area contributed by atoms with E-state index in [9.17, 15) is 8.42 Å². The zero-order valence-electron chi connectivity index (χ0n) is 16.5. The molecule has 0 atom stereocenters. The van der Waals surface area contributed by atoms with E-state index in [0.717, 1.165) is 19.0 Å². The summed E-state index contributed by atoms with van der Waals surface area (Å²) in [6.07, 6.45) is 0. The Morgan fingerprint density at radius 2 is 1.83 bits per heavy atom. The maximum Gasteiger partial charge on any atom is 0.194 e. The van der Waals surface area contributed by atoms with E-state index >= 15 is 0 Å². The van der Waals surface area contributed by atoms with Crippen LogP contribution in [0, 0.1) is 0 Å². The summed E-state index contributed by atoms with van der Waals surface area (Å²) in [4.78, 5) is 9.25. The summed E-state index contributed by atoms with van der Waals surface area (Å²) >= 11 is 0. The van der Waals surface area contributed by atoms with Crippen LogP contribution in [0.5, 0.6) is 0 Å². The second kappa shape index (κ2) is 8.52. The molecule has 1 aliphatic heterocycles. The van der Waals surface area contributed by atoms with E-state index in [-0.39, 0.29) is 5.75 Å². The number of nitrogens with zero attached hydrogens (tertiary/aromatic N) is 3. The van der Waals surface area contributed by atoms with E-state index < -0.39 is 14.6 Å². The number of guanidine groups is 1. The van der Waals surface area contributed by atoms with Crippen LogP contribution in [0.15, 0.2) is 4.99 Å². The van der Waals surface area contributed by atoms with Crippen LogP contribution in [0.1, 0.15) is 48.5 Å². The van der Waals surface area contributed by atoms with Gasteiger partial charge in [0.1, 0.15) is 0 Å². The Balaban J connectivity index is 2.80. The van der Waals surface area contributed by atoms with Crippen molar-refractivity contribution in [2.75, 3.05) is 38.5 Å². The second-order valence-corrected chi connectivity index (χ2v) is 10.4. The topological polar surface area (TPSA) is 65.0 Å². The van der Waals surface area contributed by atoms with Crippen LogP contribution in [-0.2, 0) is 9.84 Å². The van der Waals surface area contributed by atoms with Crippen molar-refractivity contribution < 1.29 is 8.42 Å². The highest BCUT2D eigenvalue weighted by molar-refractivity contribution is 7.92. The molecule has 1 rings (SSSR count). The Labute approximate surface area is 148 Å².